The van der Waals surface area contributed by atoms with Gasteiger partial charge in [-0.1, -0.05) is 0 Å². The zero-order valence-electron chi connectivity index (χ0n) is 19.8. The van der Waals surface area contributed by atoms with E-state index in [0.717, 1.165) is 0 Å². The molecule has 2 aromatic rings. The van der Waals surface area contributed by atoms with Crippen molar-refractivity contribution < 1.29 is 28.7 Å². The molecular weight excluding hydrogens is 598 g/mol. The number of hydrogen-bond donors (Lipinski definition) is 5. The Bertz CT molecular complexity index is 1380. The first kappa shape index (κ1) is 28.4. The van der Waals surface area contributed by atoms with Crippen molar-refractivity contribution in [1.82, 2.24) is 19.1 Å². The predicted molar refractivity (Wildman–Crippen MR) is 135 cm³/mol. The second kappa shape index (κ2) is 11.3. The second-order valence-corrected chi connectivity index (χ2v) is 16.7. The predicted octanol–water partition coefficient (Wildman–Crippen LogP) is -1.19. The van der Waals surface area contributed by atoms with Crippen LogP contribution in [0.3, 0.4) is 0 Å². The summed E-state index contributed by atoms with van der Waals surface area (Å²) in [5.41, 5.74) is -4.61. The molecule has 2 aliphatic rings. The van der Waals surface area contributed by atoms with E-state index in [2.05, 4.69) is 37.8 Å². The Morgan fingerprint density at radius 3 is 2.08 bits per heavy atom. The van der Waals surface area contributed by atoms with Gasteiger partial charge in [-0.25, -0.2) is 0 Å². The Balaban J connectivity index is 1.39. The van der Waals surface area contributed by atoms with E-state index < -0.39 is 71.6 Å². The van der Waals surface area contributed by atoms with Crippen molar-refractivity contribution in [2.45, 2.75) is 63.6 Å². The van der Waals surface area contributed by atoms with Gasteiger partial charge in [-0.05, 0) is 0 Å². The molecule has 7 atom stereocenters. The summed E-state index contributed by atoms with van der Waals surface area (Å²) in [6.07, 6.45) is -1.84. The molecule has 37 heavy (non-hydrogen) atoms. The van der Waals surface area contributed by atoms with Gasteiger partial charge < -0.3 is 0 Å². The van der Waals surface area contributed by atoms with Crippen molar-refractivity contribution in [1.29, 1.82) is 0 Å². The summed E-state index contributed by atoms with van der Waals surface area (Å²) in [6.45, 7) is 2.58. The molecule has 17 heteroatoms. The van der Waals surface area contributed by atoms with Gasteiger partial charge in [0.15, 0.2) is 0 Å². The summed E-state index contributed by atoms with van der Waals surface area (Å²) >= 11 is 7.23. The Hall–Kier alpha value is -1.58. The Labute approximate surface area is 223 Å². The van der Waals surface area contributed by atoms with Crippen LogP contribution in [-0.4, -0.2) is 82.5 Å². The van der Waals surface area contributed by atoms with Gasteiger partial charge in [-0.15, -0.1) is 0 Å². The van der Waals surface area contributed by atoms with E-state index in [1.165, 1.54) is 21.5 Å². The van der Waals surface area contributed by atoms with Crippen molar-refractivity contribution >= 4 is 33.4 Å². The molecule has 0 saturated carbocycles. The molecule has 0 aromatic carbocycles. The van der Waals surface area contributed by atoms with E-state index in [-0.39, 0.29) is 19.4 Å². The first-order valence-electron chi connectivity index (χ1n) is 11.3. The number of ether oxygens (including phenoxy) is 2. The van der Waals surface area contributed by atoms with Gasteiger partial charge in [-0.2, -0.15) is 0 Å². The van der Waals surface area contributed by atoms with Gasteiger partial charge in [0.05, 0.1) is 0 Å². The van der Waals surface area contributed by atoms with Crippen LogP contribution in [0.15, 0.2) is 31.6 Å². The number of rotatable bonds is 8. The van der Waals surface area contributed by atoms with Gasteiger partial charge >= 0.3 is 223 Å². The summed E-state index contributed by atoms with van der Waals surface area (Å²) in [5, 5.41) is 20.2. The molecule has 0 aliphatic carbocycles. The van der Waals surface area contributed by atoms with Crippen molar-refractivity contribution in [3.05, 3.63) is 65.2 Å². The van der Waals surface area contributed by atoms with Crippen LogP contribution in [0.2, 0.25) is 0 Å². The van der Waals surface area contributed by atoms with Crippen LogP contribution in [0.4, 0.5) is 0 Å². The molecule has 204 valence electrons. The number of H-pyrrole nitrogens is 2. The number of thiol groups is 1. The number of hydrogen-bond acceptors (Lipinski definition) is 11. The van der Waals surface area contributed by atoms with Crippen LogP contribution in [-0.2, 0) is 18.5 Å². The van der Waals surface area contributed by atoms with Crippen LogP contribution in [0.5, 0.6) is 0 Å². The molecule has 0 bridgehead atoms. The first-order valence-corrected chi connectivity index (χ1v) is 16.3. The number of aliphatic hydroxyl groups is 2. The molecule has 2 aliphatic heterocycles. The van der Waals surface area contributed by atoms with E-state index in [0.29, 0.717) is 11.1 Å². The maximum atomic E-state index is 12.2. The van der Waals surface area contributed by atoms with Crippen molar-refractivity contribution in [2.24, 2.45) is 0 Å². The Morgan fingerprint density at radius 1 is 1.03 bits per heavy atom. The fourth-order valence-corrected chi connectivity index (χ4v) is 6.75. The van der Waals surface area contributed by atoms with Gasteiger partial charge in [-0.3, -0.25) is 0 Å². The van der Waals surface area contributed by atoms with Gasteiger partial charge in [0.1, 0.15) is 0 Å². The zero-order valence-corrected chi connectivity index (χ0v) is 23.3. The topological polar surface area (TPSA) is 187 Å². The monoisotopic (exact) mass is 626 g/mol. The fourth-order valence-electron chi connectivity index (χ4n) is 4.15. The van der Waals surface area contributed by atoms with E-state index >= 15 is 0 Å². The number of nitrogens with zero attached hydrogens (tertiary/aromatic N) is 2. The van der Waals surface area contributed by atoms with Crippen LogP contribution in [0, 0.1) is 13.8 Å². The average molecular weight is 625 g/mol. The maximum absolute atomic E-state index is 12.2. The summed E-state index contributed by atoms with van der Waals surface area (Å²) in [7, 11) is 0. The number of aromatic nitrogens is 4. The third-order valence-electron chi connectivity index (χ3n) is 6.15. The molecule has 0 amide bonds. The standard InChI is InChI=1S/C20H27N4O10PSSe/c1-9-5-23(19(29)21-17(9)27)15-3-11(26)14(33-15)8-31-35(36,37)34-12-4-16(32-13(12)7-25)24-6-10(2)18(28)22-20(24)30/h5-6,11-16,25-26H,3-4,7-8H2,1-2H3,(H,36,37)(H,21,27,29)(H,22,28,30)/t11-,12-,13+,14+,15+,16+,35?/m0/s1. The summed E-state index contributed by atoms with van der Waals surface area (Å²) in [6, 6.07) is 0. The summed E-state index contributed by atoms with van der Waals surface area (Å²) in [4.78, 5) is 52.1. The van der Waals surface area contributed by atoms with Crippen molar-refractivity contribution in [3.63, 3.8) is 0 Å². The molecule has 0 spiro atoms. The first-order chi connectivity index (χ1) is 17.4. The summed E-state index contributed by atoms with van der Waals surface area (Å²) < 4.78 is 25.8. The Kier molecular flexibility index (Phi) is 8.65. The third kappa shape index (κ3) is 6.36. The molecule has 2 saturated heterocycles. The normalized spacial score (nSPS) is 29.5. The molecule has 4 N–H and O–H groups in total. The van der Waals surface area contributed by atoms with E-state index in [1.54, 1.807) is 13.8 Å². The molecular formula is C20H27N4O10PSSe. The van der Waals surface area contributed by atoms with E-state index in [9.17, 15) is 29.4 Å². The van der Waals surface area contributed by atoms with E-state index in [4.69, 9.17) is 18.5 Å². The fraction of sp³-hybridized carbons (Fsp3) is 0.600. The minimum absolute atomic E-state index is 0.101. The SMILES string of the molecule is Cc1cn([C@H]2C[C@H](O[P+](S)([Se-])OC[C@H]3O[C@@H](n4cc(C)c(=O)[nH]c4=O)C[C@@H]3O)[C@@H](CO)O2)c(=O)[nH]c1=O. The van der Waals surface area contributed by atoms with Crippen LogP contribution >= 0.6 is 17.9 Å². The molecule has 4 rings (SSSR count). The number of aliphatic hydroxyl groups excluding tert-OH is 2. The zero-order chi connectivity index (χ0) is 27.1. The van der Waals surface area contributed by atoms with Crippen molar-refractivity contribution in [2.75, 3.05) is 13.2 Å². The quantitative estimate of drug-likeness (QED) is 0.136. The van der Waals surface area contributed by atoms with Crippen LogP contribution in [0.1, 0.15) is 36.4 Å². The molecule has 2 fully saturated rings. The second-order valence-electron chi connectivity index (χ2n) is 8.85. The molecule has 2 aromatic heterocycles. The third-order valence-corrected chi connectivity index (χ3v) is 8.99. The van der Waals surface area contributed by atoms with Gasteiger partial charge in [0, 0.05) is 0 Å². The molecule has 14 nitrogen and oxygen atoms in total. The molecule has 4 heterocycles. The van der Waals surface area contributed by atoms with Gasteiger partial charge in [0.2, 0.25) is 0 Å². The van der Waals surface area contributed by atoms with Crippen molar-refractivity contribution in [3.8, 4) is 0 Å². The Morgan fingerprint density at radius 2 is 1.54 bits per heavy atom. The molecule has 1 unspecified atom stereocenters. The molecule has 0 radical (unpaired) electrons. The summed E-state index contributed by atoms with van der Waals surface area (Å²) in [5.74, 6) is 0. The van der Waals surface area contributed by atoms with Crippen LogP contribution in [0.25, 0.3) is 0 Å². The number of nitrogens with one attached hydrogen (secondary N) is 2. The number of aromatic amines is 2. The minimum atomic E-state index is -2.96. The van der Waals surface area contributed by atoms with Gasteiger partial charge in [0.25, 0.3) is 0 Å². The number of aryl methyl sites for hydroxylation is 2. The van der Waals surface area contributed by atoms with E-state index in [1.807, 2.05) is 0 Å². The van der Waals surface area contributed by atoms with Crippen LogP contribution < -0.4 is 22.5 Å². The average Bonchev–Trinajstić information content (AvgIpc) is 3.39.